The fourth-order valence-electron chi connectivity index (χ4n) is 2.42. The monoisotopic (exact) mass is 302 g/mol. The largest absolute Gasteiger partial charge is 0.481 e. The molecule has 0 aromatic rings. The van der Waals surface area contributed by atoms with Crippen LogP contribution in [0.3, 0.4) is 0 Å². The molecular weight excluding hydrogens is 284 g/mol. The molecule has 0 amide bonds. The third-order valence-electron chi connectivity index (χ3n) is 3.88. The van der Waals surface area contributed by atoms with Crippen molar-refractivity contribution in [2.24, 2.45) is 23.7 Å². The van der Waals surface area contributed by atoms with Crippen molar-refractivity contribution in [3.63, 3.8) is 0 Å². The third-order valence-corrected chi connectivity index (χ3v) is 3.88. The van der Waals surface area contributed by atoms with E-state index in [0.29, 0.717) is 0 Å². The molecule has 8 nitrogen and oxygen atoms in total. The number of esters is 2. The van der Waals surface area contributed by atoms with Crippen LogP contribution in [0.1, 0.15) is 20.3 Å². The molecule has 0 spiro atoms. The first-order valence-electron chi connectivity index (χ1n) is 6.44. The van der Waals surface area contributed by atoms with Gasteiger partial charge in [0.1, 0.15) is 0 Å². The van der Waals surface area contributed by atoms with Gasteiger partial charge < -0.3 is 19.7 Å². The number of carboxylic acid groups (broad SMARTS) is 2. The molecule has 1 heterocycles. The van der Waals surface area contributed by atoms with E-state index in [2.05, 4.69) is 4.74 Å². The fourth-order valence-corrected chi connectivity index (χ4v) is 2.42. The Morgan fingerprint density at radius 2 is 1.81 bits per heavy atom. The summed E-state index contributed by atoms with van der Waals surface area (Å²) in [7, 11) is 1.24. The number of hydrogen-bond acceptors (Lipinski definition) is 6. The van der Waals surface area contributed by atoms with Gasteiger partial charge in [-0.05, 0) is 6.42 Å². The normalized spacial score (nSPS) is 26.0. The molecule has 1 aliphatic rings. The molecule has 5 unspecified atom stereocenters. The molecule has 2 N–H and O–H groups in total. The molecule has 118 valence electrons. The van der Waals surface area contributed by atoms with E-state index in [9.17, 15) is 24.3 Å². The highest BCUT2D eigenvalue weighted by Gasteiger charge is 2.46. The van der Waals surface area contributed by atoms with Crippen molar-refractivity contribution in [2.45, 2.75) is 26.4 Å². The number of carbonyl (C=O) groups excluding carboxylic acids is 2. The van der Waals surface area contributed by atoms with Gasteiger partial charge in [0.15, 0.2) is 0 Å². The average molecular weight is 302 g/mol. The molecular formula is C13H18O8. The van der Waals surface area contributed by atoms with Crippen LogP contribution in [0.2, 0.25) is 0 Å². The Morgan fingerprint density at radius 1 is 1.24 bits per heavy atom. The maximum atomic E-state index is 11.6. The van der Waals surface area contributed by atoms with E-state index in [0.717, 1.165) is 0 Å². The van der Waals surface area contributed by atoms with Crippen LogP contribution in [0.15, 0.2) is 0 Å². The lowest BCUT2D eigenvalue weighted by molar-refractivity contribution is -0.160. The molecule has 0 aliphatic carbocycles. The Balaban J connectivity index is 2.94. The van der Waals surface area contributed by atoms with Crippen molar-refractivity contribution in [3.05, 3.63) is 0 Å². The maximum Gasteiger partial charge on any atom is 0.317 e. The molecule has 0 radical (unpaired) electrons. The summed E-state index contributed by atoms with van der Waals surface area (Å²) in [5, 5.41) is 18.2. The van der Waals surface area contributed by atoms with Gasteiger partial charge in [0, 0.05) is 7.11 Å². The molecule has 0 aromatic carbocycles. The summed E-state index contributed by atoms with van der Waals surface area (Å²) in [6.07, 6.45) is -1.10. The summed E-state index contributed by atoms with van der Waals surface area (Å²) in [5.41, 5.74) is 0. The van der Waals surface area contributed by atoms with E-state index in [1.54, 1.807) is 0 Å². The Bertz CT molecular complexity index is 457. The Hall–Kier alpha value is -1.96. The molecule has 21 heavy (non-hydrogen) atoms. The number of aliphatic carboxylic acids is 2. The number of methoxy groups -OCH3 is 1. The van der Waals surface area contributed by atoms with Gasteiger partial charge in [-0.15, -0.1) is 0 Å². The zero-order chi connectivity index (χ0) is 16.3. The lowest BCUT2D eigenvalue weighted by Gasteiger charge is -2.27. The third kappa shape index (κ3) is 3.57. The lowest BCUT2D eigenvalue weighted by Crippen LogP contribution is -2.40. The van der Waals surface area contributed by atoms with Crippen molar-refractivity contribution in [2.75, 3.05) is 7.11 Å². The van der Waals surface area contributed by atoms with Crippen molar-refractivity contribution in [1.82, 2.24) is 0 Å². The van der Waals surface area contributed by atoms with Gasteiger partial charge >= 0.3 is 23.9 Å². The second kappa shape index (κ2) is 6.66. The van der Waals surface area contributed by atoms with Crippen molar-refractivity contribution in [3.8, 4) is 0 Å². The lowest BCUT2D eigenvalue weighted by atomic mass is 9.81. The summed E-state index contributed by atoms with van der Waals surface area (Å²) in [6, 6.07) is 0. The van der Waals surface area contributed by atoms with Crippen LogP contribution in [-0.2, 0) is 28.7 Å². The smallest absolute Gasteiger partial charge is 0.317 e. The van der Waals surface area contributed by atoms with Gasteiger partial charge in [-0.2, -0.15) is 0 Å². The zero-order valence-electron chi connectivity index (χ0n) is 11.9. The fraction of sp³-hybridized carbons (Fsp3) is 0.692. The van der Waals surface area contributed by atoms with Crippen molar-refractivity contribution < 1.29 is 38.9 Å². The van der Waals surface area contributed by atoms with Crippen LogP contribution in [0.4, 0.5) is 0 Å². The molecule has 0 aromatic heterocycles. The SMILES string of the molecule is COC(CC1C(=O)OC(=O)C1C)C(C(=O)O)C(C)C(=O)O. The van der Waals surface area contributed by atoms with Crippen molar-refractivity contribution in [1.29, 1.82) is 0 Å². The first-order valence-corrected chi connectivity index (χ1v) is 6.44. The molecule has 5 atom stereocenters. The summed E-state index contributed by atoms with van der Waals surface area (Å²) in [4.78, 5) is 45.2. The summed E-state index contributed by atoms with van der Waals surface area (Å²) in [6.45, 7) is 2.76. The van der Waals surface area contributed by atoms with E-state index >= 15 is 0 Å². The summed E-state index contributed by atoms with van der Waals surface area (Å²) in [5.74, 6) is -8.07. The van der Waals surface area contributed by atoms with Crippen LogP contribution in [-0.4, -0.2) is 47.3 Å². The molecule has 1 saturated heterocycles. The summed E-state index contributed by atoms with van der Waals surface area (Å²) < 4.78 is 9.56. The van der Waals surface area contributed by atoms with Crippen LogP contribution >= 0.6 is 0 Å². The molecule has 0 saturated carbocycles. The second-order valence-electron chi connectivity index (χ2n) is 5.14. The Labute approximate surface area is 121 Å². The van der Waals surface area contributed by atoms with Crippen LogP contribution in [0.25, 0.3) is 0 Å². The van der Waals surface area contributed by atoms with Crippen LogP contribution in [0, 0.1) is 23.7 Å². The van der Waals surface area contributed by atoms with E-state index in [1.807, 2.05) is 0 Å². The second-order valence-corrected chi connectivity index (χ2v) is 5.14. The Morgan fingerprint density at radius 3 is 2.14 bits per heavy atom. The highest BCUT2D eigenvalue weighted by atomic mass is 16.6. The number of hydrogen-bond donors (Lipinski definition) is 2. The predicted octanol–water partition coefficient (Wildman–Crippen LogP) is 0.149. The van der Waals surface area contributed by atoms with Gasteiger partial charge in [-0.3, -0.25) is 19.2 Å². The average Bonchev–Trinajstić information content (AvgIpc) is 2.63. The van der Waals surface area contributed by atoms with E-state index < -0.39 is 53.7 Å². The Kier molecular flexibility index (Phi) is 5.42. The number of carbonyl (C=O) groups is 4. The maximum absolute atomic E-state index is 11.6. The standard InChI is InChI=1S/C13H18O8/c1-5-7(13(19)21-12(5)18)4-8(20-3)9(11(16)17)6(2)10(14)15/h5-9H,4H2,1-3H3,(H,14,15)(H,16,17). The molecule has 1 aliphatic heterocycles. The number of ether oxygens (including phenoxy) is 2. The number of cyclic esters (lactones) is 2. The molecule has 1 fully saturated rings. The number of carboxylic acids is 2. The van der Waals surface area contributed by atoms with E-state index in [-0.39, 0.29) is 6.42 Å². The topological polar surface area (TPSA) is 127 Å². The zero-order valence-corrected chi connectivity index (χ0v) is 11.9. The molecule has 1 rings (SSSR count). The highest BCUT2D eigenvalue weighted by Crippen LogP contribution is 2.32. The van der Waals surface area contributed by atoms with Gasteiger partial charge in [0.2, 0.25) is 0 Å². The minimum atomic E-state index is -1.33. The van der Waals surface area contributed by atoms with Gasteiger partial charge in [0.25, 0.3) is 0 Å². The van der Waals surface area contributed by atoms with Crippen LogP contribution < -0.4 is 0 Å². The first-order chi connectivity index (χ1) is 9.70. The van der Waals surface area contributed by atoms with Gasteiger partial charge in [0.05, 0.1) is 29.8 Å². The van der Waals surface area contributed by atoms with E-state index in [1.165, 1.54) is 21.0 Å². The van der Waals surface area contributed by atoms with Crippen LogP contribution in [0.5, 0.6) is 0 Å². The molecule has 0 bridgehead atoms. The summed E-state index contributed by atoms with van der Waals surface area (Å²) >= 11 is 0. The molecule has 8 heteroatoms. The van der Waals surface area contributed by atoms with Gasteiger partial charge in [-0.25, -0.2) is 0 Å². The minimum Gasteiger partial charge on any atom is -0.481 e. The van der Waals surface area contributed by atoms with E-state index in [4.69, 9.17) is 9.84 Å². The first kappa shape index (κ1) is 17.1. The quantitative estimate of drug-likeness (QED) is 0.502. The van der Waals surface area contributed by atoms with Gasteiger partial charge in [-0.1, -0.05) is 13.8 Å². The predicted molar refractivity (Wildman–Crippen MR) is 67.1 cm³/mol. The number of rotatable bonds is 7. The van der Waals surface area contributed by atoms with Crippen molar-refractivity contribution >= 4 is 23.9 Å². The highest BCUT2D eigenvalue weighted by molar-refractivity contribution is 5.96. The minimum absolute atomic E-state index is 0.0865.